The Kier molecular flexibility index (Phi) is 3.41. The first-order valence-electron chi connectivity index (χ1n) is 6.61. The van der Waals surface area contributed by atoms with Crippen molar-refractivity contribution in [3.63, 3.8) is 0 Å². The number of para-hydroxylation sites is 2. The van der Waals surface area contributed by atoms with E-state index in [9.17, 15) is 10.1 Å². The van der Waals surface area contributed by atoms with E-state index in [-0.39, 0.29) is 16.7 Å². The highest BCUT2D eigenvalue weighted by Gasteiger charge is 2.18. The van der Waals surface area contributed by atoms with Crippen molar-refractivity contribution in [1.29, 1.82) is 0 Å². The SMILES string of the molecule is NC(Cc1ccccc1[N+](=O)[O-])c1coc2ccccc12. The average molecular weight is 282 g/mol. The minimum absolute atomic E-state index is 0.0979. The number of hydrogen-bond acceptors (Lipinski definition) is 4. The second kappa shape index (κ2) is 5.38. The van der Waals surface area contributed by atoms with Crippen LogP contribution in [0.4, 0.5) is 5.69 Å². The normalized spacial score (nSPS) is 12.4. The standard InChI is InChI=1S/C16H14N2O3/c17-14(9-11-5-1-3-7-15(11)18(19)20)13-10-21-16-8-4-2-6-12(13)16/h1-8,10,14H,9,17H2. The number of fused-ring (bicyclic) bond motifs is 1. The molecular weight excluding hydrogens is 268 g/mol. The van der Waals surface area contributed by atoms with Crippen molar-refractivity contribution in [3.8, 4) is 0 Å². The lowest BCUT2D eigenvalue weighted by Crippen LogP contribution is -2.13. The van der Waals surface area contributed by atoms with E-state index in [4.69, 9.17) is 10.2 Å². The highest BCUT2D eigenvalue weighted by Crippen LogP contribution is 2.29. The molecule has 0 aliphatic heterocycles. The van der Waals surface area contributed by atoms with Gasteiger partial charge in [-0.2, -0.15) is 0 Å². The number of nitrogens with zero attached hydrogens (tertiary/aromatic N) is 1. The van der Waals surface area contributed by atoms with E-state index < -0.39 is 0 Å². The fourth-order valence-corrected chi connectivity index (χ4v) is 2.49. The number of nitro groups is 1. The van der Waals surface area contributed by atoms with Crippen LogP contribution in [0.25, 0.3) is 11.0 Å². The van der Waals surface area contributed by atoms with Crippen LogP contribution in [0.5, 0.6) is 0 Å². The zero-order valence-electron chi connectivity index (χ0n) is 11.2. The first-order valence-corrected chi connectivity index (χ1v) is 6.61. The van der Waals surface area contributed by atoms with E-state index in [0.29, 0.717) is 12.0 Å². The molecule has 106 valence electrons. The molecule has 5 nitrogen and oxygen atoms in total. The summed E-state index contributed by atoms with van der Waals surface area (Å²) in [5.41, 5.74) is 8.58. The molecule has 1 aromatic heterocycles. The summed E-state index contributed by atoms with van der Waals surface area (Å²) in [5, 5.41) is 12.0. The van der Waals surface area contributed by atoms with Crippen LogP contribution in [0.3, 0.4) is 0 Å². The number of rotatable bonds is 4. The van der Waals surface area contributed by atoms with Crippen molar-refractivity contribution in [2.45, 2.75) is 12.5 Å². The van der Waals surface area contributed by atoms with Gasteiger partial charge in [0.15, 0.2) is 0 Å². The molecule has 1 unspecified atom stereocenters. The summed E-state index contributed by atoms with van der Waals surface area (Å²) >= 11 is 0. The Labute approximate surface area is 121 Å². The Morgan fingerprint density at radius 3 is 2.67 bits per heavy atom. The fraction of sp³-hybridized carbons (Fsp3) is 0.125. The Morgan fingerprint density at radius 2 is 1.86 bits per heavy atom. The van der Waals surface area contributed by atoms with Gasteiger partial charge >= 0.3 is 0 Å². The smallest absolute Gasteiger partial charge is 0.272 e. The van der Waals surface area contributed by atoms with Gasteiger partial charge in [-0.15, -0.1) is 0 Å². The summed E-state index contributed by atoms with van der Waals surface area (Å²) in [6.45, 7) is 0. The van der Waals surface area contributed by atoms with Crippen molar-refractivity contribution in [3.05, 3.63) is 76.0 Å². The Balaban J connectivity index is 1.93. The first-order chi connectivity index (χ1) is 10.2. The van der Waals surface area contributed by atoms with Crippen molar-refractivity contribution in [2.75, 3.05) is 0 Å². The van der Waals surface area contributed by atoms with Crippen LogP contribution < -0.4 is 5.73 Å². The molecule has 5 heteroatoms. The molecule has 1 heterocycles. The van der Waals surface area contributed by atoms with Gasteiger partial charge in [-0.1, -0.05) is 36.4 Å². The Morgan fingerprint density at radius 1 is 1.14 bits per heavy atom. The second-order valence-corrected chi connectivity index (χ2v) is 4.88. The molecule has 0 saturated carbocycles. The summed E-state index contributed by atoms with van der Waals surface area (Å²) in [6.07, 6.45) is 2.02. The lowest BCUT2D eigenvalue weighted by Gasteiger charge is -2.10. The molecule has 0 radical (unpaired) electrons. The molecule has 1 atom stereocenters. The van der Waals surface area contributed by atoms with Gasteiger partial charge in [0, 0.05) is 28.6 Å². The van der Waals surface area contributed by atoms with Gasteiger partial charge in [0.05, 0.1) is 11.2 Å². The van der Waals surface area contributed by atoms with Gasteiger partial charge in [-0.05, 0) is 12.5 Å². The molecule has 2 aromatic carbocycles. The van der Waals surface area contributed by atoms with Gasteiger partial charge in [-0.25, -0.2) is 0 Å². The van der Waals surface area contributed by atoms with Crippen LogP contribution in [0.1, 0.15) is 17.2 Å². The number of nitrogens with two attached hydrogens (primary N) is 1. The predicted octanol–water partition coefficient (Wildman–Crippen LogP) is 3.58. The van der Waals surface area contributed by atoms with Gasteiger partial charge in [0.2, 0.25) is 0 Å². The van der Waals surface area contributed by atoms with Crippen LogP contribution in [-0.4, -0.2) is 4.92 Å². The summed E-state index contributed by atoms with van der Waals surface area (Å²) < 4.78 is 5.47. The zero-order valence-corrected chi connectivity index (χ0v) is 11.2. The maximum atomic E-state index is 11.0. The van der Waals surface area contributed by atoms with Gasteiger partial charge in [0.1, 0.15) is 5.58 Å². The van der Waals surface area contributed by atoms with E-state index in [1.54, 1.807) is 24.5 Å². The molecule has 0 aliphatic rings. The maximum absolute atomic E-state index is 11.0. The minimum Gasteiger partial charge on any atom is -0.464 e. The molecule has 0 fully saturated rings. The van der Waals surface area contributed by atoms with E-state index in [1.165, 1.54) is 6.07 Å². The van der Waals surface area contributed by atoms with Crippen molar-refractivity contribution < 1.29 is 9.34 Å². The third-order valence-corrected chi connectivity index (χ3v) is 3.54. The minimum atomic E-state index is -0.379. The molecule has 0 saturated heterocycles. The van der Waals surface area contributed by atoms with Gasteiger partial charge in [0.25, 0.3) is 5.69 Å². The van der Waals surface area contributed by atoms with Crippen LogP contribution in [-0.2, 0) is 6.42 Å². The van der Waals surface area contributed by atoms with Gasteiger partial charge in [-0.3, -0.25) is 10.1 Å². The van der Waals surface area contributed by atoms with E-state index in [0.717, 1.165) is 16.5 Å². The number of nitro benzene ring substituents is 1. The quantitative estimate of drug-likeness (QED) is 0.585. The van der Waals surface area contributed by atoms with Crippen molar-refractivity contribution in [2.24, 2.45) is 5.73 Å². The van der Waals surface area contributed by atoms with Crippen LogP contribution in [0.15, 0.2) is 59.2 Å². The second-order valence-electron chi connectivity index (χ2n) is 4.88. The lowest BCUT2D eigenvalue weighted by atomic mass is 9.98. The predicted molar refractivity (Wildman–Crippen MR) is 79.9 cm³/mol. The molecule has 0 bridgehead atoms. The van der Waals surface area contributed by atoms with Crippen molar-refractivity contribution in [1.82, 2.24) is 0 Å². The topological polar surface area (TPSA) is 82.3 Å². The molecule has 3 aromatic rings. The molecule has 21 heavy (non-hydrogen) atoms. The number of furan rings is 1. The third-order valence-electron chi connectivity index (χ3n) is 3.54. The molecular formula is C16H14N2O3. The first kappa shape index (κ1) is 13.3. The molecule has 3 rings (SSSR count). The fourth-order valence-electron chi connectivity index (χ4n) is 2.49. The zero-order chi connectivity index (χ0) is 14.8. The monoisotopic (exact) mass is 282 g/mol. The maximum Gasteiger partial charge on any atom is 0.272 e. The summed E-state index contributed by atoms with van der Waals surface area (Å²) in [7, 11) is 0. The summed E-state index contributed by atoms with van der Waals surface area (Å²) in [6, 6.07) is 13.9. The van der Waals surface area contributed by atoms with Gasteiger partial charge < -0.3 is 10.2 Å². The van der Waals surface area contributed by atoms with E-state index in [1.807, 2.05) is 24.3 Å². The van der Waals surface area contributed by atoms with Crippen LogP contribution >= 0.6 is 0 Å². The highest BCUT2D eigenvalue weighted by molar-refractivity contribution is 5.81. The Hall–Kier alpha value is -2.66. The van der Waals surface area contributed by atoms with Crippen LogP contribution in [0.2, 0.25) is 0 Å². The summed E-state index contributed by atoms with van der Waals surface area (Å²) in [4.78, 5) is 10.7. The number of benzene rings is 2. The average Bonchev–Trinajstić information content (AvgIpc) is 2.91. The molecule has 0 amide bonds. The van der Waals surface area contributed by atoms with E-state index >= 15 is 0 Å². The Bertz CT molecular complexity index is 795. The summed E-state index contributed by atoms with van der Waals surface area (Å²) in [5.74, 6) is 0. The van der Waals surface area contributed by atoms with E-state index in [2.05, 4.69) is 0 Å². The largest absolute Gasteiger partial charge is 0.464 e. The lowest BCUT2D eigenvalue weighted by molar-refractivity contribution is -0.385. The molecule has 0 spiro atoms. The molecule has 0 aliphatic carbocycles. The highest BCUT2D eigenvalue weighted by atomic mass is 16.6. The molecule has 2 N–H and O–H groups in total. The van der Waals surface area contributed by atoms with Crippen LogP contribution in [0, 0.1) is 10.1 Å². The third kappa shape index (κ3) is 2.51. The van der Waals surface area contributed by atoms with Crippen molar-refractivity contribution >= 4 is 16.7 Å². The number of hydrogen-bond donors (Lipinski definition) is 1.